The van der Waals surface area contributed by atoms with E-state index in [0.29, 0.717) is 16.4 Å². The highest BCUT2D eigenvalue weighted by molar-refractivity contribution is 6.30. The van der Waals surface area contributed by atoms with Crippen LogP contribution in [0.3, 0.4) is 0 Å². The van der Waals surface area contributed by atoms with Crippen LogP contribution in [-0.4, -0.2) is 9.38 Å². The number of halogens is 4. The number of aromatic nitrogens is 2. The van der Waals surface area contributed by atoms with Gasteiger partial charge in [0.2, 0.25) is 0 Å². The molecule has 4 nitrogen and oxygen atoms in total. The predicted molar refractivity (Wildman–Crippen MR) is 80.1 cm³/mol. The third kappa shape index (κ3) is 3.00. The first-order chi connectivity index (χ1) is 11.0. The van der Waals surface area contributed by atoms with E-state index >= 15 is 0 Å². The first-order valence-corrected chi connectivity index (χ1v) is 6.89. The van der Waals surface area contributed by atoms with Crippen molar-refractivity contribution >= 4 is 22.9 Å². The van der Waals surface area contributed by atoms with Crippen molar-refractivity contribution in [2.75, 3.05) is 5.32 Å². The maximum atomic E-state index is 13.6. The average Bonchev–Trinajstić information content (AvgIpc) is 2.53. The van der Waals surface area contributed by atoms with Crippen molar-refractivity contribution in [1.29, 1.82) is 0 Å². The number of hydrogen-bond donors (Lipinski definition) is 1. The van der Waals surface area contributed by atoms with E-state index < -0.39 is 17.5 Å². The molecule has 3 aromatic rings. The fraction of sp³-hybridized carbons (Fsp3) is 0.0667. The maximum absolute atomic E-state index is 13.6. The van der Waals surface area contributed by atoms with Crippen LogP contribution in [0.2, 0.25) is 5.02 Å². The molecule has 0 spiro atoms. The van der Waals surface area contributed by atoms with E-state index in [9.17, 15) is 18.0 Å². The number of pyridine rings is 1. The minimum absolute atomic E-state index is 0.0314. The van der Waals surface area contributed by atoms with Gasteiger partial charge in [-0.05, 0) is 24.3 Å². The highest BCUT2D eigenvalue weighted by Crippen LogP contribution is 2.20. The molecule has 0 fully saturated rings. The van der Waals surface area contributed by atoms with Crippen LogP contribution in [0.4, 0.5) is 18.9 Å². The monoisotopic (exact) mass is 339 g/mol. The fourth-order valence-electron chi connectivity index (χ4n) is 2.06. The molecule has 0 unspecified atom stereocenters. The molecule has 0 saturated carbocycles. The van der Waals surface area contributed by atoms with Gasteiger partial charge in [-0.3, -0.25) is 9.20 Å². The van der Waals surface area contributed by atoms with Crippen LogP contribution < -0.4 is 10.9 Å². The highest BCUT2D eigenvalue weighted by atomic mass is 35.5. The van der Waals surface area contributed by atoms with E-state index in [2.05, 4.69) is 10.3 Å². The normalized spacial score (nSPS) is 11.0. The van der Waals surface area contributed by atoms with Crippen molar-refractivity contribution in [3.8, 4) is 0 Å². The van der Waals surface area contributed by atoms with Crippen LogP contribution in [0.5, 0.6) is 0 Å². The van der Waals surface area contributed by atoms with Gasteiger partial charge in [0.1, 0.15) is 5.65 Å². The van der Waals surface area contributed by atoms with Crippen LogP contribution in [-0.2, 0) is 6.54 Å². The van der Waals surface area contributed by atoms with Crippen LogP contribution >= 0.6 is 11.6 Å². The van der Waals surface area contributed by atoms with E-state index in [4.69, 9.17) is 11.6 Å². The highest BCUT2D eigenvalue weighted by Gasteiger charge is 2.13. The number of benzene rings is 1. The first-order valence-electron chi connectivity index (χ1n) is 6.51. The van der Waals surface area contributed by atoms with Crippen molar-refractivity contribution in [1.82, 2.24) is 9.38 Å². The summed E-state index contributed by atoms with van der Waals surface area (Å²) in [6, 6.07) is 6.27. The van der Waals surface area contributed by atoms with E-state index in [1.807, 2.05) is 0 Å². The van der Waals surface area contributed by atoms with Crippen molar-refractivity contribution < 1.29 is 13.2 Å². The number of nitrogens with zero attached hydrogens (tertiary/aromatic N) is 2. The summed E-state index contributed by atoms with van der Waals surface area (Å²) >= 11 is 5.81. The van der Waals surface area contributed by atoms with Crippen LogP contribution in [0.1, 0.15) is 5.69 Å². The molecule has 0 bridgehead atoms. The molecular formula is C15H9ClF3N3O. The van der Waals surface area contributed by atoms with Crippen molar-refractivity contribution in [2.45, 2.75) is 6.54 Å². The standard InChI is InChI=1S/C15H9ClF3N3O/c16-8-1-4-12-21-9(5-13(23)22(12)7-8)6-20-11-3-2-10(17)14(18)15(11)19/h1-5,7,20H,6H2. The van der Waals surface area contributed by atoms with Crippen molar-refractivity contribution in [3.63, 3.8) is 0 Å². The predicted octanol–water partition coefficient (Wildman–Crippen LogP) is 3.38. The van der Waals surface area contributed by atoms with Gasteiger partial charge in [-0.25, -0.2) is 18.2 Å². The van der Waals surface area contributed by atoms with E-state index in [0.717, 1.165) is 12.1 Å². The largest absolute Gasteiger partial charge is 0.377 e. The number of nitrogens with one attached hydrogen (secondary N) is 1. The summed E-state index contributed by atoms with van der Waals surface area (Å²) in [4.78, 5) is 16.2. The zero-order valence-electron chi connectivity index (χ0n) is 11.5. The first kappa shape index (κ1) is 15.4. The van der Waals surface area contributed by atoms with Gasteiger partial charge in [0.15, 0.2) is 17.5 Å². The van der Waals surface area contributed by atoms with Gasteiger partial charge in [0.25, 0.3) is 5.56 Å². The summed E-state index contributed by atoms with van der Waals surface area (Å²) in [6.07, 6.45) is 1.43. The Morgan fingerprint density at radius 3 is 2.70 bits per heavy atom. The molecule has 0 aliphatic heterocycles. The molecule has 0 aliphatic carbocycles. The molecule has 0 saturated heterocycles. The lowest BCUT2D eigenvalue weighted by Crippen LogP contribution is -2.17. The Kier molecular flexibility index (Phi) is 3.96. The van der Waals surface area contributed by atoms with Gasteiger partial charge in [0.05, 0.1) is 22.9 Å². The molecule has 0 atom stereocenters. The third-order valence-corrected chi connectivity index (χ3v) is 3.40. The summed E-state index contributed by atoms with van der Waals surface area (Å²) < 4.78 is 40.9. The molecule has 1 N–H and O–H groups in total. The fourth-order valence-corrected chi connectivity index (χ4v) is 2.23. The number of rotatable bonds is 3. The molecule has 8 heteroatoms. The zero-order valence-corrected chi connectivity index (χ0v) is 12.2. The maximum Gasteiger partial charge on any atom is 0.258 e. The Balaban J connectivity index is 1.89. The summed E-state index contributed by atoms with van der Waals surface area (Å²) in [5, 5.41) is 2.97. The average molecular weight is 340 g/mol. The third-order valence-electron chi connectivity index (χ3n) is 3.17. The summed E-state index contributed by atoms with van der Waals surface area (Å²) in [5.41, 5.74) is 0.105. The topological polar surface area (TPSA) is 46.4 Å². The van der Waals surface area contributed by atoms with E-state index in [-0.39, 0.29) is 17.8 Å². The SMILES string of the molecule is O=c1cc(CNc2ccc(F)c(F)c2F)nc2ccc(Cl)cn12. The molecule has 1 aromatic carbocycles. The summed E-state index contributed by atoms with van der Waals surface area (Å²) in [7, 11) is 0. The lowest BCUT2D eigenvalue weighted by molar-refractivity contribution is 0.449. The lowest BCUT2D eigenvalue weighted by Gasteiger charge is -2.09. The second-order valence-electron chi connectivity index (χ2n) is 4.74. The van der Waals surface area contributed by atoms with E-state index in [1.54, 1.807) is 12.1 Å². The Morgan fingerprint density at radius 2 is 1.91 bits per heavy atom. The molecular weight excluding hydrogens is 331 g/mol. The van der Waals surface area contributed by atoms with Crippen LogP contribution in [0.25, 0.3) is 5.65 Å². The second kappa shape index (κ2) is 5.92. The molecule has 2 aromatic heterocycles. The van der Waals surface area contributed by atoms with Crippen molar-refractivity contribution in [2.24, 2.45) is 0 Å². The van der Waals surface area contributed by atoms with Gasteiger partial charge in [0, 0.05) is 12.3 Å². The quantitative estimate of drug-likeness (QED) is 0.744. The van der Waals surface area contributed by atoms with E-state index in [1.165, 1.54) is 16.7 Å². The van der Waals surface area contributed by atoms with Crippen molar-refractivity contribution in [3.05, 3.63) is 75.1 Å². The second-order valence-corrected chi connectivity index (χ2v) is 5.17. The Bertz CT molecular complexity index is 959. The molecule has 118 valence electrons. The van der Waals surface area contributed by atoms with Gasteiger partial charge in [-0.2, -0.15) is 0 Å². The van der Waals surface area contributed by atoms with Crippen LogP contribution in [0.15, 0.2) is 41.3 Å². The molecule has 2 heterocycles. The Morgan fingerprint density at radius 1 is 1.13 bits per heavy atom. The smallest absolute Gasteiger partial charge is 0.258 e. The Labute approximate surface area is 133 Å². The minimum atomic E-state index is -1.56. The molecule has 0 amide bonds. The number of hydrogen-bond acceptors (Lipinski definition) is 3. The Hall–Kier alpha value is -2.54. The number of fused-ring (bicyclic) bond motifs is 1. The molecule has 23 heavy (non-hydrogen) atoms. The molecule has 3 rings (SSSR count). The van der Waals surface area contributed by atoms with Crippen LogP contribution in [0, 0.1) is 17.5 Å². The molecule has 0 aliphatic rings. The lowest BCUT2D eigenvalue weighted by atomic mass is 10.2. The summed E-state index contributed by atoms with van der Waals surface area (Å²) in [6.45, 7) is -0.0314. The van der Waals surface area contributed by atoms with Gasteiger partial charge in [-0.15, -0.1) is 0 Å². The number of anilines is 1. The van der Waals surface area contributed by atoms with Gasteiger partial charge >= 0.3 is 0 Å². The summed E-state index contributed by atoms with van der Waals surface area (Å²) in [5.74, 6) is -4.16. The molecule has 0 radical (unpaired) electrons. The zero-order chi connectivity index (χ0) is 16.6. The van der Waals surface area contributed by atoms with Gasteiger partial charge < -0.3 is 5.32 Å². The minimum Gasteiger partial charge on any atom is -0.377 e. The van der Waals surface area contributed by atoms with Gasteiger partial charge in [-0.1, -0.05) is 11.6 Å².